The second kappa shape index (κ2) is 7.45. The molecule has 0 aromatic heterocycles. The van der Waals surface area contributed by atoms with Crippen LogP contribution in [0.3, 0.4) is 0 Å². The summed E-state index contributed by atoms with van der Waals surface area (Å²) in [6.07, 6.45) is 3.91. The fourth-order valence-corrected chi connectivity index (χ4v) is 5.18. The Labute approximate surface area is 128 Å². The second-order valence-electron chi connectivity index (χ2n) is 5.20. The number of carbonyl (C=O) groups is 2. The minimum atomic E-state index is -0.899. The number of aliphatic carboxylic acids is 1. The number of hydrogen-bond acceptors (Lipinski definition) is 4. The van der Waals surface area contributed by atoms with Gasteiger partial charge in [0.1, 0.15) is 6.04 Å². The van der Waals surface area contributed by atoms with Gasteiger partial charge in [0.2, 0.25) is 0 Å². The molecule has 2 N–H and O–H groups in total. The first kappa shape index (κ1) is 15.8. The minimum absolute atomic E-state index is 0.00246. The van der Waals surface area contributed by atoms with Gasteiger partial charge in [0.25, 0.3) is 0 Å². The lowest BCUT2D eigenvalue weighted by Crippen LogP contribution is -2.53. The average Bonchev–Trinajstić information content (AvgIpc) is 2.84. The van der Waals surface area contributed by atoms with Crippen LogP contribution in [0.2, 0.25) is 0 Å². The third-order valence-electron chi connectivity index (χ3n) is 3.64. The zero-order valence-corrected chi connectivity index (χ0v) is 13.3. The van der Waals surface area contributed by atoms with E-state index in [9.17, 15) is 14.7 Å². The topological polar surface area (TPSA) is 69.6 Å². The Balaban J connectivity index is 2.00. The lowest BCUT2D eigenvalue weighted by molar-refractivity contribution is -0.141. The number of rotatable bonds is 4. The number of hydrogen-bond donors (Lipinski definition) is 2. The first-order valence-corrected chi connectivity index (χ1v) is 9.34. The molecule has 3 atom stereocenters. The van der Waals surface area contributed by atoms with Gasteiger partial charge in [-0.25, -0.2) is 9.59 Å². The Hall–Kier alpha value is -0.560. The largest absolute Gasteiger partial charge is 0.480 e. The quantitative estimate of drug-likeness (QED) is 0.832. The normalized spacial score (nSPS) is 30.2. The van der Waals surface area contributed by atoms with Crippen LogP contribution in [0, 0.1) is 0 Å². The van der Waals surface area contributed by atoms with Crippen LogP contribution in [0.4, 0.5) is 4.79 Å². The van der Waals surface area contributed by atoms with Crippen molar-refractivity contribution in [1.82, 2.24) is 10.2 Å². The highest BCUT2D eigenvalue weighted by molar-refractivity contribution is 8.00. The maximum Gasteiger partial charge on any atom is 0.327 e. The molecule has 114 valence electrons. The lowest BCUT2D eigenvalue weighted by atomic mass is 10.2. The van der Waals surface area contributed by atoms with Crippen molar-refractivity contribution in [2.24, 2.45) is 0 Å². The predicted octanol–water partition coefficient (Wildman–Crippen LogP) is 2.22. The van der Waals surface area contributed by atoms with Crippen molar-refractivity contribution in [3.63, 3.8) is 0 Å². The molecule has 2 fully saturated rings. The molecule has 5 nitrogen and oxygen atoms in total. The first-order valence-electron chi connectivity index (χ1n) is 7.14. The van der Waals surface area contributed by atoms with Crippen LogP contribution in [0.15, 0.2) is 0 Å². The maximum atomic E-state index is 12.4. The third kappa shape index (κ3) is 3.75. The van der Waals surface area contributed by atoms with Gasteiger partial charge in [-0.1, -0.05) is 13.3 Å². The molecule has 20 heavy (non-hydrogen) atoms. The Morgan fingerprint density at radius 2 is 2.20 bits per heavy atom. The van der Waals surface area contributed by atoms with E-state index in [1.54, 1.807) is 16.7 Å². The molecule has 0 spiro atoms. The summed E-state index contributed by atoms with van der Waals surface area (Å²) in [5.41, 5.74) is 0. The Bertz CT molecular complexity index is 362. The molecule has 0 bridgehead atoms. The van der Waals surface area contributed by atoms with Gasteiger partial charge >= 0.3 is 12.0 Å². The number of amides is 2. The summed E-state index contributed by atoms with van der Waals surface area (Å²) >= 11 is 3.43. The molecule has 7 heteroatoms. The second-order valence-corrected chi connectivity index (χ2v) is 7.56. The van der Waals surface area contributed by atoms with E-state index in [4.69, 9.17) is 0 Å². The molecule has 2 rings (SSSR count). The van der Waals surface area contributed by atoms with Crippen molar-refractivity contribution in [3.05, 3.63) is 0 Å². The van der Waals surface area contributed by atoms with Crippen LogP contribution in [0.25, 0.3) is 0 Å². The Morgan fingerprint density at radius 3 is 2.80 bits per heavy atom. The van der Waals surface area contributed by atoms with Crippen molar-refractivity contribution < 1.29 is 14.7 Å². The summed E-state index contributed by atoms with van der Waals surface area (Å²) in [7, 11) is 0. The SMILES string of the molecule is CCCC1SCC(C(=O)O)N1C(=O)NC1CCCSC1. The fourth-order valence-electron chi connectivity index (χ4n) is 2.60. The van der Waals surface area contributed by atoms with Gasteiger partial charge in [0.05, 0.1) is 5.37 Å². The summed E-state index contributed by atoms with van der Waals surface area (Å²) in [4.78, 5) is 25.3. The van der Waals surface area contributed by atoms with Crippen molar-refractivity contribution in [3.8, 4) is 0 Å². The van der Waals surface area contributed by atoms with Crippen molar-refractivity contribution in [1.29, 1.82) is 0 Å². The zero-order chi connectivity index (χ0) is 14.5. The summed E-state index contributed by atoms with van der Waals surface area (Å²) < 4.78 is 0. The number of urea groups is 1. The van der Waals surface area contributed by atoms with Crippen molar-refractivity contribution in [2.75, 3.05) is 17.3 Å². The molecule has 2 aliphatic heterocycles. The molecular weight excluding hydrogens is 296 g/mol. The highest BCUT2D eigenvalue weighted by Crippen LogP contribution is 2.32. The molecule has 0 radical (unpaired) electrons. The number of carbonyl (C=O) groups excluding carboxylic acids is 1. The van der Waals surface area contributed by atoms with Crippen LogP contribution >= 0.6 is 23.5 Å². The van der Waals surface area contributed by atoms with E-state index in [-0.39, 0.29) is 17.4 Å². The lowest BCUT2D eigenvalue weighted by Gasteiger charge is -2.30. The van der Waals surface area contributed by atoms with Crippen LogP contribution in [-0.4, -0.2) is 56.7 Å². The standard InChI is InChI=1S/C13H22N2O3S2/c1-2-4-11-15(10(8-20-11)12(16)17)13(18)14-9-5-3-6-19-7-9/h9-11H,2-8H2,1H3,(H,14,18)(H,16,17). The van der Waals surface area contributed by atoms with Gasteiger partial charge in [0.15, 0.2) is 0 Å². The molecular formula is C13H22N2O3S2. The van der Waals surface area contributed by atoms with Gasteiger partial charge < -0.3 is 10.4 Å². The number of carboxylic acid groups (broad SMARTS) is 1. The van der Waals surface area contributed by atoms with E-state index in [2.05, 4.69) is 12.2 Å². The van der Waals surface area contributed by atoms with Crippen LogP contribution in [0.1, 0.15) is 32.6 Å². The molecule has 2 heterocycles. The molecule has 2 saturated heterocycles. The molecule has 0 aliphatic carbocycles. The van der Waals surface area contributed by atoms with E-state index in [0.717, 1.165) is 37.2 Å². The Kier molecular flexibility index (Phi) is 5.89. The summed E-state index contributed by atoms with van der Waals surface area (Å²) in [6.45, 7) is 2.06. The van der Waals surface area contributed by atoms with Gasteiger partial charge in [0, 0.05) is 17.5 Å². The summed E-state index contributed by atoms with van der Waals surface area (Å²) in [5, 5.41) is 12.3. The number of thioether (sulfide) groups is 2. The fraction of sp³-hybridized carbons (Fsp3) is 0.846. The monoisotopic (exact) mass is 318 g/mol. The van der Waals surface area contributed by atoms with E-state index in [0.29, 0.717) is 5.75 Å². The smallest absolute Gasteiger partial charge is 0.327 e. The molecule has 0 aromatic rings. The molecule has 2 aliphatic rings. The van der Waals surface area contributed by atoms with E-state index < -0.39 is 12.0 Å². The average molecular weight is 318 g/mol. The zero-order valence-electron chi connectivity index (χ0n) is 11.7. The van der Waals surface area contributed by atoms with Crippen LogP contribution in [-0.2, 0) is 4.79 Å². The maximum absolute atomic E-state index is 12.4. The van der Waals surface area contributed by atoms with E-state index >= 15 is 0 Å². The Morgan fingerprint density at radius 1 is 1.40 bits per heavy atom. The number of nitrogens with zero attached hydrogens (tertiary/aromatic N) is 1. The van der Waals surface area contributed by atoms with Gasteiger partial charge in [-0.05, 0) is 25.0 Å². The van der Waals surface area contributed by atoms with Gasteiger partial charge in [-0.3, -0.25) is 4.90 Å². The van der Waals surface area contributed by atoms with Crippen molar-refractivity contribution in [2.45, 2.75) is 50.1 Å². The molecule has 2 amide bonds. The van der Waals surface area contributed by atoms with Gasteiger partial charge in [-0.15, -0.1) is 11.8 Å². The number of nitrogens with one attached hydrogen (secondary N) is 1. The summed E-state index contributed by atoms with van der Waals surface area (Å²) in [5.74, 6) is 1.68. The number of carboxylic acids is 1. The minimum Gasteiger partial charge on any atom is -0.480 e. The summed E-state index contributed by atoms with van der Waals surface area (Å²) in [6, 6.07) is -0.704. The molecule has 3 unspecified atom stereocenters. The first-order chi connectivity index (χ1) is 9.63. The highest BCUT2D eigenvalue weighted by atomic mass is 32.2. The highest BCUT2D eigenvalue weighted by Gasteiger charge is 2.41. The van der Waals surface area contributed by atoms with E-state index in [1.165, 1.54) is 0 Å². The molecule has 0 aromatic carbocycles. The van der Waals surface area contributed by atoms with Crippen LogP contribution < -0.4 is 5.32 Å². The van der Waals surface area contributed by atoms with Crippen LogP contribution in [0.5, 0.6) is 0 Å². The van der Waals surface area contributed by atoms with E-state index in [1.807, 2.05) is 11.8 Å². The predicted molar refractivity (Wildman–Crippen MR) is 83.3 cm³/mol. The van der Waals surface area contributed by atoms with Crippen molar-refractivity contribution >= 4 is 35.5 Å². The molecule has 0 saturated carbocycles. The van der Waals surface area contributed by atoms with Gasteiger partial charge in [-0.2, -0.15) is 11.8 Å². The third-order valence-corrected chi connectivity index (χ3v) is 6.21.